The second-order valence-corrected chi connectivity index (χ2v) is 5.61. The molecule has 0 saturated heterocycles. The summed E-state index contributed by atoms with van der Waals surface area (Å²) in [6.07, 6.45) is 7.11. The SMILES string of the molecule is CCC.[CH2-]Sc1cc(OCCOCCOCCOC)cc[n+]1CC.[CH3-].[V+2]. The molecule has 0 bridgehead atoms. The first-order chi connectivity index (χ1) is 11.7. The molecule has 1 heterocycles. The number of hydrogen-bond acceptors (Lipinski definition) is 5. The summed E-state index contributed by atoms with van der Waals surface area (Å²) in [5.41, 5.74) is 0. The van der Waals surface area contributed by atoms with E-state index < -0.39 is 0 Å². The van der Waals surface area contributed by atoms with Crippen molar-refractivity contribution in [2.45, 2.75) is 38.8 Å². The Labute approximate surface area is 177 Å². The van der Waals surface area contributed by atoms with Crippen LogP contribution >= 0.6 is 11.8 Å². The van der Waals surface area contributed by atoms with Gasteiger partial charge in [-0.1, -0.05) is 20.3 Å². The Morgan fingerprint density at radius 1 is 1.00 bits per heavy atom. The van der Waals surface area contributed by atoms with Gasteiger partial charge in [0, 0.05) is 13.2 Å². The van der Waals surface area contributed by atoms with Crippen LogP contribution in [0.15, 0.2) is 23.4 Å². The fourth-order valence-electron chi connectivity index (χ4n) is 1.65. The molecular weight excluding hydrogens is 389 g/mol. The summed E-state index contributed by atoms with van der Waals surface area (Å²) in [5, 5.41) is 1.09. The Balaban J connectivity index is -0.000000986. The van der Waals surface area contributed by atoms with Crippen molar-refractivity contribution in [2.75, 3.05) is 46.8 Å². The van der Waals surface area contributed by atoms with Crippen LogP contribution < -0.4 is 9.30 Å². The van der Waals surface area contributed by atoms with E-state index in [2.05, 4.69) is 31.6 Å². The molecule has 0 spiro atoms. The number of rotatable bonds is 12. The molecule has 1 aromatic rings. The molecular formula is C19H36NO4SV+. The first-order valence-electron chi connectivity index (χ1n) is 8.46. The molecule has 1 rings (SSSR count). The van der Waals surface area contributed by atoms with Crippen LogP contribution in [0.2, 0.25) is 0 Å². The molecule has 5 nitrogen and oxygen atoms in total. The number of aromatic nitrogens is 1. The minimum Gasteiger partial charge on any atom is -0.491 e. The molecule has 0 aliphatic heterocycles. The smallest absolute Gasteiger partial charge is 0.491 e. The van der Waals surface area contributed by atoms with Crippen LogP contribution in [0.1, 0.15) is 27.2 Å². The maximum Gasteiger partial charge on any atom is 2.00 e. The van der Waals surface area contributed by atoms with Crippen molar-refractivity contribution < 1.29 is 42.1 Å². The summed E-state index contributed by atoms with van der Waals surface area (Å²) < 4.78 is 23.4. The average molecular weight is 426 g/mol. The monoisotopic (exact) mass is 425 g/mol. The third kappa shape index (κ3) is 16.0. The summed E-state index contributed by atoms with van der Waals surface area (Å²) in [6, 6.07) is 3.95. The van der Waals surface area contributed by atoms with Crippen molar-refractivity contribution in [3.05, 3.63) is 32.0 Å². The minimum atomic E-state index is 0. The standard InChI is InChI=1S/C15H25NO4S.C3H8.CH3.V/c1-4-16-6-5-14(13-15(16)21-3)20-12-11-19-10-9-18-8-7-17-2;1-3-2;;/h5-6,13H,3-4,7-12H2,1-2H3;3H2,1-2H3;1H3;/q;;-1;+2. The predicted octanol–water partition coefficient (Wildman–Crippen LogP) is 3.80. The van der Waals surface area contributed by atoms with Gasteiger partial charge in [-0.05, 0) is 6.92 Å². The van der Waals surface area contributed by atoms with Crippen LogP contribution in [-0.4, -0.2) is 46.8 Å². The van der Waals surface area contributed by atoms with Crippen LogP contribution in [0.4, 0.5) is 0 Å². The van der Waals surface area contributed by atoms with E-state index in [9.17, 15) is 0 Å². The van der Waals surface area contributed by atoms with Gasteiger partial charge in [-0.2, -0.15) is 4.57 Å². The van der Waals surface area contributed by atoms with Gasteiger partial charge in [0.15, 0.2) is 6.20 Å². The molecule has 0 fully saturated rings. The fourth-order valence-corrected chi connectivity index (χ4v) is 2.20. The van der Waals surface area contributed by atoms with Crippen molar-refractivity contribution in [2.24, 2.45) is 0 Å². The maximum absolute atomic E-state index is 5.65. The van der Waals surface area contributed by atoms with Gasteiger partial charge in [-0.15, -0.1) is 0 Å². The summed E-state index contributed by atoms with van der Waals surface area (Å²) >= 11 is 1.47. The summed E-state index contributed by atoms with van der Waals surface area (Å²) in [7, 11) is 1.65. The van der Waals surface area contributed by atoms with Gasteiger partial charge in [0.2, 0.25) is 5.03 Å². The number of methoxy groups -OCH3 is 1. The fraction of sp³-hybridized carbons (Fsp3) is 0.632. The molecule has 7 heteroatoms. The van der Waals surface area contributed by atoms with Crippen LogP contribution in [0.5, 0.6) is 5.75 Å². The van der Waals surface area contributed by atoms with Crippen molar-refractivity contribution in [3.8, 4) is 5.75 Å². The summed E-state index contributed by atoms with van der Waals surface area (Å²) in [6.45, 7) is 10.7. The molecule has 0 N–H and O–H groups in total. The topological polar surface area (TPSA) is 40.8 Å². The molecule has 0 saturated carbocycles. The predicted molar refractivity (Wildman–Crippen MR) is 105 cm³/mol. The Bertz CT molecular complexity index is 411. The molecule has 1 radical (unpaired) electrons. The number of nitrogens with zero attached hydrogens (tertiary/aromatic N) is 1. The van der Waals surface area contributed by atoms with Crippen molar-refractivity contribution in [1.29, 1.82) is 0 Å². The van der Waals surface area contributed by atoms with E-state index in [-0.39, 0.29) is 26.0 Å². The number of aryl methyl sites for hydroxylation is 1. The number of thioether (sulfide) groups is 1. The normalized spacial score (nSPS) is 9.42. The van der Waals surface area contributed by atoms with Gasteiger partial charge in [-0.3, -0.25) is 6.26 Å². The van der Waals surface area contributed by atoms with Crippen molar-refractivity contribution >= 4 is 11.8 Å². The van der Waals surface area contributed by atoms with Gasteiger partial charge >= 0.3 is 18.6 Å². The number of hydrogen-bond donors (Lipinski definition) is 0. The van der Waals surface area contributed by atoms with E-state index in [1.165, 1.54) is 18.2 Å². The van der Waals surface area contributed by atoms with Crippen LogP contribution in [0, 0.1) is 13.7 Å². The maximum atomic E-state index is 5.65. The molecule has 1 aromatic heterocycles. The Morgan fingerprint density at radius 3 is 2.04 bits per heavy atom. The van der Waals surface area contributed by atoms with Gasteiger partial charge in [0.1, 0.15) is 18.9 Å². The second kappa shape index (κ2) is 22.8. The van der Waals surface area contributed by atoms with E-state index in [1.54, 1.807) is 7.11 Å². The quantitative estimate of drug-likeness (QED) is 0.221. The van der Waals surface area contributed by atoms with E-state index in [1.807, 2.05) is 18.3 Å². The first-order valence-corrected chi connectivity index (χ1v) is 9.44. The van der Waals surface area contributed by atoms with Crippen molar-refractivity contribution in [3.63, 3.8) is 0 Å². The summed E-state index contributed by atoms with van der Waals surface area (Å²) in [4.78, 5) is 0. The Morgan fingerprint density at radius 2 is 1.54 bits per heavy atom. The molecule has 151 valence electrons. The second-order valence-electron chi connectivity index (χ2n) is 4.90. The van der Waals surface area contributed by atoms with Crippen molar-refractivity contribution in [1.82, 2.24) is 0 Å². The average Bonchev–Trinajstić information content (AvgIpc) is 2.60. The van der Waals surface area contributed by atoms with Crippen LogP contribution in [0.3, 0.4) is 0 Å². The first kappa shape index (κ1) is 30.5. The zero-order chi connectivity index (χ0) is 18.0. The molecule has 0 unspecified atom stereocenters. The van der Waals surface area contributed by atoms with E-state index in [0.29, 0.717) is 39.6 Å². The number of pyridine rings is 1. The molecule has 26 heavy (non-hydrogen) atoms. The molecule has 0 aromatic carbocycles. The molecule has 0 amide bonds. The van der Waals surface area contributed by atoms with E-state index in [4.69, 9.17) is 18.9 Å². The molecule has 0 aliphatic carbocycles. The van der Waals surface area contributed by atoms with E-state index in [0.717, 1.165) is 17.3 Å². The third-order valence-corrected chi connectivity index (χ3v) is 3.40. The van der Waals surface area contributed by atoms with Gasteiger partial charge in [0.25, 0.3) is 0 Å². The van der Waals surface area contributed by atoms with Gasteiger partial charge in [0.05, 0.1) is 39.1 Å². The van der Waals surface area contributed by atoms with Gasteiger partial charge < -0.3 is 26.4 Å². The summed E-state index contributed by atoms with van der Waals surface area (Å²) in [5.74, 6) is 0.839. The number of ether oxygens (including phenoxy) is 4. The van der Waals surface area contributed by atoms with Crippen LogP contribution in [-0.2, 0) is 39.3 Å². The third-order valence-electron chi connectivity index (χ3n) is 2.76. The largest absolute Gasteiger partial charge is 2.00 e. The molecule has 0 aliphatic rings. The Hall–Kier alpha value is -0.236. The van der Waals surface area contributed by atoms with E-state index >= 15 is 0 Å². The minimum absolute atomic E-state index is 0. The zero-order valence-corrected chi connectivity index (χ0v) is 19.2. The Kier molecular flexibility index (Phi) is 26.7. The zero-order valence-electron chi connectivity index (χ0n) is 17.0. The van der Waals surface area contributed by atoms with Gasteiger partial charge in [-0.25, -0.2) is 11.8 Å². The molecule has 0 atom stereocenters. The van der Waals surface area contributed by atoms with Crippen LogP contribution in [0.25, 0.3) is 0 Å².